The minimum Gasteiger partial charge on any atom is -0.396 e. The second kappa shape index (κ2) is 7.44. The fourth-order valence-electron chi connectivity index (χ4n) is 2.05. The molecule has 7 heteroatoms. The topological polar surface area (TPSA) is 87.7 Å². The summed E-state index contributed by atoms with van der Waals surface area (Å²) in [4.78, 5) is 24.5. The van der Waals surface area contributed by atoms with E-state index in [-0.39, 0.29) is 24.5 Å². The summed E-state index contributed by atoms with van der Waals surface area (Å²) in [5, 5.41) is 14.5. The third-order valence-electron chi connectivity index (χ3n) is 3.06. The molecule has 3 N–H and O–H groups in total. The maximum atomic E-state index is 12.2. The largest absolute Gasteiger partial charge is 0.396 e. The highest BCUT2D eigenvalue weighted by atomic mass is 32.2. The zero-order chi connectivity index (χ0) is 15.2. The minimum atomic E-state index is -0.252. The highest BCUT2D eigenvalue weighted by Crippen LogP contribution is 2.31. The van der Waals surface area contributed by atoms with E-state index in [1.165, 1.54) is 11.8 Å². The Morgan fingerprint density at radius 2 is 2.38 bits per heavy atom. The Bertz CT molecular complexity index is 530. The third kappa shape index (κ3) is 4.20. The average molecular weight is 310 g/mol. The van der Waals surface area contributed by atoms with Crippen LogP contribution in [-0.4, -0.2) is 49.0 Å². The molecule has 1 aromatic rings. The molecule has 2 amide bonds. The van der Waals surface area contributed by atoms with E-state index in [0.29, 0.717) is 30.0 Å². The van der Waals surface area contributed by atoms with Gasteiger partial charge in [-0.15, -0.1) is 11.8 Å². The van der Waals surface area contributed by atoms with Crippen LogP contribution in [0.25, 0.3) is 0 Å². The number of benzene rings is 1. The molecule has 0 aliphatic carbocycles. The SMILES string of the molecule is COCC(CCO)NC(=O)c1ccc2c(c1)NC(=O)CS2. The van der Waals surface area contributed by atoms with Crippen molar-refractivity contribution in [3.8, 4) is 0 Å². The maximum absolute atomic E-state index is 12.2. The predicted molar refractivity (Wildman–Crippen MR) is 80.6 cm³/mol. The van der Waals surface area contributed by atoms with Gasteiger partial charge in [0.2, 0.25) is 5.91 Å². The lowest BCUT2D eigenvalue weighted by Crippen LogP contribution is -2.38. The van der Waals surface area contributed by atoms with Crippen molar-refractivity contribution in [2.45, 2.75) is 17.4 Å². The molecule has 0 fully saturated rings. The van der Waals surface area contributed by atoms with Gasteiger partial charge in [-0.3, -0.25) is 9.59 Å². The number of carbonyl (C=O) groups excluding carboxylic acids is 2. The molecule has 0 radical (unpaired) electrons. The smallest absolute Gasteiger partial charge is 0.251 e. The highest BCUT2D eigenvalue weighted by molar-refractivity contribution is 8.00. The summed E-state index contributed by atoms with van der Waals surface area (Å²) >= 11 is 1.45. The lowest BCUT2D eigenvalue weighted by atomic mass is 10.1. The molecular formula is C14H18N2O4S. The Balaban J connectivity index is 2.08. The molecule has 2 rings (SSSR count). The second-order valence-corrected chi connectivity index (χ2v) is 5.70. The van der Waals surface area contributed by atoms with E-state index in [1.54, 1.807) is 19.2 Å². The van der Waals surface area contributed by atoms with Crippen LogP contribution in [0.4, 0.5) is 5.69 Å². The number of aliphatic hydroxyl groups is 1. The molecule has 1 aliphatic heterocycles. The van der Waals surface area contributed by atoms with Gasteiger partial charge < -0.3 is 20.5 Å². The third-order valence-corrected chi connectivity index (χ3v) is 4.13. The van der Waals surface area contributed by atoms with Crippen LogP contribution >= 0.6 is 11.8 Å². The van der Waals surface area contributed by atoms with E-state index < -0.39 is 0 Å². The van der Waals surface area contributed by atoms with Crippen LogP contribution in [0.5, 0.6) is 0 Å². The molecule has 1 aromatic carbocycles. The van der Waals surface area contributed by atoms with Gasteiger partial charge in [0.05, 0.1) is 24.1 Å². The first kappa shape index (κ1) is 15.8. The quantitative estimate of drug-likeness (QED) is 0.725. The van der Waals surface area contributed by atoms with Gasteiger partial charge in [-0.1, -0.05) is 0 Å². The summed E-state index contributed by atoms with van der Waals surface area (Å²) in [6, 6.07) is 4.97. The fourth-order valence-corrected chi connectivity index (χ4v) is 2.84. The van der Waals surface area contributed by atoms with Crippen molar-refractivity contribution in [1.82, 2.24) is 5.32 Å². The van der Waals surface area contributed by atoms with Crippen LogP contribution in [0.2, 0.25) is 0 Å². The van der Waals surface area contributed by atoms with Crippen molar-refractivity contribution in [3.05, 3.63) is 23.8 Å². The Kier molecular flexibility index (Phi) is 5.60. The van der Waals surface area contributed by atoms with Crippen LogP contribution in [0.15, 0.2) is 23.1 Å². The van der Waals surface area contributed by atoms with Gasteiger partial charge in [-0.25, -0.2) is 0 Å². The van der Waals surface area contributed by atoms with E-state index in [0.717, 1.165) is 4.90 Å². The molecule has 6 nitrogen and oxygen atoms in total. The highest BCUT2D eigenvalue weighted by Gasteiger charge is 2.18. The molecule has 1 aliphatic rings. The lowest BCUT2D eigenvalue weighted by Gasteiger charge is -2.19. The number of hydrogen-bond donors (Lipinski definition) is 3. The normalized spacial score (nSPS) is 15.0. The molecule has 0 aromatic heterocycles. The van der Waals surface area contributed by atoms with Crippen LogP contribution in [0.3, 0.4) is 0 Å². The van der Waals surface area contributed by atoms with E-state index in [4.69, 9.17) is 9.84 Å². The van der Waals surface area contributed by atoms with Gasteiger partial charge in [-0.2, -0.15) is 0 Å². The predicted octanol–water partition coefficient (Wildman–Crippen LogP) is 0.858. The fraction of sp³-hybridized carbons (Fsp3) is 0.429. The standard InChI is InChI=1S/C14H18N2O4S/c1-20-7-10(4-5-17)15-14(19)9-2-3-12-11(6-9)16-13(18)8-21-12/h2-3,6,10,17H,4-5,7-8H2,1H3,(H,15,19)(H,16,18). The first-order chi connectivity index (χ1) is 10.1. The number of methoxy groups -OCH3 is 1. The molecule has 1 atom stereocenters. The van der Waals surface area contributed by atoms with Gasteiger partial charge in [0.1, 0.15) is 0 Å². The van der Waals surface area contributed by atoms with Crippen molar-refractivity contribution in [2.24, 2.45) is 0 Å². The van der Waals surface area contributed by atoms with Crippen LogP contribution in [-0.2, 0) is 9.53 Å². The molecule has 114 valence electrons. The average Bonchev–Trinajstić information content (AvgIpc) is 2.47. The summed E-state index contributed by atoms with van der Waals surface area (Å²) in [7, 11) is 1.54. The lowest BCUT2D eigenvalue weighted by molar-refractivity contribution is -0.113. The van der Waals surface area contributed by atoms with Crippen molar-refractivity contribution >= 4 is 29.3 Å². The summed E-state index contributed by atoms with van der Waals surface area (Å²) < 4.78 is 5.01. The number of rotatable bonds is 6. The van der Waals surface area contributed by atoms with Gasteiger partial charge >= 0.3 is 0 Å². The molecule has 0 bridgehead atoms. The monoisotopic (exact) mass is 310 g/mol. The summed E-state index contributed by atoms with van der Waals surface area (Å²) in [5.74, 6) is 0.0750. The number of ether oxygens (including phenoxy) is 1. The van der Waals surface area contributed by atoms with Crippen molar-refractivity contribution in [2.75, 3.05) is 31.4 Å². The molecule has 1 unspecified atom stereocenters. The molecule has 0 spiro atoms. The van der Waals surface area contributed by atoms with Gasteiger partial charge in [0.25, 0.3) is 5.91 Å². The maximum Gasteiger partial charge on any atom is 0.251 e. The first-order valence-corrected chi connectivity index (χ1v) is 7.60. The van der Waals surface area contributed by atoms with Crippen molar-refractivity contribution in [3.63, 3.8) is 0 Å². The van der Waals surface area contributed by atoms with Crippen LogP contribution in [0, 0.1) is 0 Å². The second-order valence-electron chi connectivity index (χ2n) is 4.69. The van der Waals surface area contributed by atoms with Gasteiger partial charge in [0.15, 0.2) is 0 Å². The molecule has 0 saturated heterocycles. The summed E-state index contributed by atoms with van der Waals surface area (Å²) in [6.45, 7) is 0.315. The Morgan fingerprint density at radius 1 is 1.57 bits per heavy atom. The van der Waals surface area contributed by atoms with Gasteiger partial charge in [-0.05, 0) is 24.6 Å². The summed E-state index contributed by atoms with van der Waals surface area (Å²) in [5.41, 5.74) is 1.13. The number of thioether (sulfide) groups is 1. The van der Waals surface area contributed by atoms with E-state index in [9.17, 15) is 9.59 Å². The van der Waals surface area contributed by atoms with Crippen LogP contribution in [0.1, 0.15) is 16.8 Å². The minimum absolute atomic E-state index is 0.0226. The number of amides is 2. The number of nitrogens with one attached hydrogen (secondary N) is 2. The number of anilines is 1. The number of hydrogen-bond acceptors (Lipinski definition) is 5. The Morgan fingerprint density at radius 3 is 3.10 bits per heavy atom. The number of fused-ring (bicyclic) bond motifs is 1. The van der Waals surface area contributed by atoms with Crippen LogP contribution < -0.4 is 10.6 Å². The molecular weight excluding hydrogens is 292 g/mol. The van der Waals surface area contributed by atoms with E-state index in [2.05, 4.69) is 10.6 Å². The zero-order valence-corrected chi connectivity index (χ0v) is 12.5. The zero-order valence-electron chi connectivity index (χ0n) is 11.7. The molecule has 21 heavy (non-hydrogen) atoms. The number of carbonyl (C=O) groups is 2. The Hall–Kier alpha value is -1.57. The van der Waals surface area contributed by atoms with E-state index >= 15 is 0 Å². The first-order valence-electron chi connectivity index (χ1n) is 6.61. The number of aliphatic hydroxyl groups excluding tert-OH is 1. The Labute approximate surface area is 127 Å². The molecule has 0 saturated carbocycles. The van der Waals surface area contributed by atoms with E-state index in [1.807, 2.05) is 6.07 Å². The molecule has 1 heterocycles. The van der Waals surface area contributed by atoms with Crippen molar-refractivity contribution in [1.29, 1.82) is 0 Å². The summed E-state index contributed by atoms with van der Waals surface area (Å²) in [6.07, 6.45) is 0.428. The van der Waals surface area contributed by atoms with Gasteiger partial charge in [0, 0.05) is 24.2 Å². The van der Waals surface area contributed by atoms with Crippen molar-refractivity contribution < 1.29 is 19.4 Å².